The molecule has 7 rings (SSSR count). The molecule has 9 nitrogen and oxygen atoms in total. The second-order valence-electron chi connectivity index (χ2n) is 12.6. The Labute approximate surface area is 267 Å². The number of aromatic nitrogens is 3. The van der Waals surface area contributed by atoms with Crippen molar-refractivity contribution < 1.29 is 24.1 Å². The third-order valence-electron chi connectivity index (χ3n) is 8.14. The van der Waals surface area contributed by atoms with Gasteiger partial charge in [0, 0.05) is 35.0 Å². The molecule has 1 atom stereocenters. The fourth-order valence-electron chi connectivity index (χ4n) is 6.10. The average Bonchev–Trinajstić information content (AvgIpc) is 3.46. The van der Waals surface area contributed by atoms with Crippen LogP contribution in [0.4, 0.5) is 5.69 Å². The van der Waals surface area contributed by atoms with Gasteiger partial charge in [-0.3, -0.25) is 0 Å². The highest BCUT2D eigenvalue weighted by molar-refractivity contribution is 5.83. The van der Waals surface area contributed by atoms with Gasteiger partial charge in [-0.25, -0.2) is 14.3 Å². The van der Waals surface area contributed by atoms with E-state index >= 15 is 0 Å². The van der Waals surface area contributed by atoms with E-state index in [-0.39, 0.29) is 0 Å². The SMILES string of the molecule is Cc1nc2cc3nn2c(c1[C@H](OC(C)(C)C)C(=O)O)-c1ccc2c(c1)N(C/C=C\COc1cccc(c1)-c1cccc-3c1)CCO2. The lowest BCUT2D eigenvalue weighted by Gasteiger charge is -2.31. The Kier molecular flexibility index (Phi) is 7.49. The van der Waals surface area contributed by atoms with E-state index in [4.69, 9.17) is 24.3 Å². The summed E-state index contributed by atoms with van der Waals surface area (Å²) in [7, 11) is 0. The molecule has 46 heavy (non-hydrogen) atoms. The summed E-state index contributed by atoms with van der Waals surface area (Å²) in [5.74, 6) is 0.468. The summed E-state index contributed by atoms with van der Waals surface area (Å²) in [6, 6.07) is 24.1. The second kappa shape index (κ2) is 11.7. The van der Waals surface area contributed by atoms with Crippen LogP contribution in [0.2, 0.25) is 0 Å². The number of aryl methyl sites for hydroxylation is 1. The van der Waals surface area contributed by atoms with Gasteiger partial charge in [-0.05, 0) is 81.3 Å². The molecular formula is C37H36N4O5. The fourth-order valence-corrected chi connectivity index (χ4v) is 6.10. The van der Waals surface area contributed by atoms with E-state index in [0.717, 1.165) is 39.4 Å². The Morgan fingerprint density at radius 2 is 1.72 bits per heavy atom. The molecule has 0 saturated heterocycles. The Hall–Kier alpha value is -5.15. The zero-order chi connectivity index (χ0) is 32.0. The maximum Gasteiger partial charge on any atom is 0.337 e. The maximum atomic E-state index is 12.9. The molecule has 5 aromatic rings. The smallest absolute Gasteiger partial charge is 0.337 e. The van der Waals surface area contributed by atoms with Crippen molar-refractivity contribution in [2.24, 2.45) is 0 Å². The van der Waals surface area contributed by atoms with Crippen molar-refractivity contribution in [3.8, 4) is 45.1 Å². The monoisotopic (exact) mass is 616 g/mol. The molecule has 0 amide bonds. The van der Waals surface area contributed by atoms with Crippen LogP contribution in [-0.2, 0) is 9.53 Å². The summed E-state index contributed by atoms with van der Waals surface area (Å²) >= 11 is 0. The largest absolute Gasteiger partial charge is 0.490 e. The normalized spacial score (nSPS) is 15.7. The number of carbonyl (C=O) groups is 1. The van der Waals surface area contributed by atoms with E-state index in [1.807, 2.05) is 88.4 Å². The lowest BCUT2D eigenvalue weighted by molar-refractivity contribution is -0.160. The van der Waals surface area contributed by atoms with Crippen molar-refractivity contribution in [1.29, 1.82) is 0 Å². The first-order valence-corrected chi connectivity index (χ1v) is 15.5. The molecule has 0 aliphatic carbocycles. The first-order chi connectivity index (χ1) is 22.1. The summed E-state index contributed by atoms with van der Waals surface area (Å²) in [5, 5.41) is 15.6. The van der Waals surface area contributed by atoms with Gasteiger partial charge >= 0.3 is 5.97 Å². The van der Waals surface area contributed by atoms with Crippen LogP contribution in [-0.4, -0.2) is 57.6 Å². The van der Waals surface area contributed by atoms with E-state index in [2.05, 4.69) is 29.2 Å². The minimum Gasteiger partial charge on any atom is -0.490 e. The summed E-state index contributed by atoms with van der Waals surface area (Å²) in [5.41, 5.74) is 6.90. The summed E-state index contributed by atoms with van der Waals surface area (Å²) in [6.07, 6.45) is 2.85. The third kappa shape index (κ3) is 5.70. The molecule has 3 aromatic carbocycles. The van der Waals surface area contributed by atoms with Crippen molar-refractivity contribution in [3.63, 3.8) is 0 Å². The number of carboxylic acid groups (broad SMARTS) is 1. The van der Waals surface area contributed by atoms with Crippen molar-refractivity contribution in [2.75, 3.05) is 31.2 Å². The zero-order valence-electron chi connectivity index (χ0n) is 26.4. The van der Waals surface area contributed by atoms with Crippen molar-refractivity contribution in [3.05, 3.63) is 96.2 Å². The first-order valence-electron chi connectivity index (χ1n) is 15.5. The number of aliphatic carboxylic acids is 1. The molecule has 8 bridgehead atoms. The van der Waals surface area contributed by atoms with Crippen molar-refractivity contribution in [2.45, 2.75) is 39.4 Å². The first kappa shape index (κ1) is 29.6. The molecule has 0 radical (unpaired) electrons. The molecule has 4 heterocycles. The number of rotatable bonds is 3. The van der Waals surface area contributed by atoms with E-state index in [0.29, 0.717) is 54.6 Å². The Balaban J connectivity index is 1.50. The number of hydrogen-bond donors (Lipinski definition) is 1. The number of nitrogens with zero attached hydrogens (tertiary/aromatic N) is 4. The standard InChI is InChI=1S/C37H36N4O5/c1-23-33(35(36(42)43)46-37(2,3)4)34-27-13-14-31-30(21-27)40(16-18-45-31)15-5-6-17-44-28-12-8-10-25(20-28)24-9-7-11-26(19-24)29-22-32(38-23)41(34)39-29/h5-14,19-22,35H,15-18H2,1-4H3,(H,42,43)/b6-5-/t35-/m0/s1. The lowest BCUT2D eigenvalue weighted by Crippen LogP contribution is -2.33. The van der Waals surface area contributed by atoms with E-state index in [9.17, 15) is 9.90 Å². The van der Waals surface area contributed by atoms with E-state index in [1.165, 1.54) is 0 Å². The molecule has 0 saturated carbocycles. The van der Waals surface area contributed by atoms with Gasteiger partial charge in [0.1, 0.15) is 24.7 Å². The minimum atomic E-state index is -1.27. The van der Waals surface area contributed by atoms with Crippen LogP contribution in [0.15, 0.2) is 84.9 Å². The molecule has 2 aromatic heterocycles. The van der Waals surface area contributed by atoms with E-state index < -0.39 is 17.7 Å². The van der Waals surface area contributed by atoms with Crippen LogP contribution < -0.4 is 14.4 Å². The van der Waals surface area contributed by atoms with Gasteiger partial charge in [-0.1, -0.05) is 36.4 Å². The van der Waals surface area contributed by atoms with Gasteiger partial charge < -0.3 is 24.2 Å². The Morgan fingerprint density at radius 3 is 2.52 bits per heavy atom. The van der Waals surface area contributed by atoms with Crippen LogP contribution in [0.3, 0.4) is 0 Å². The summed E-state index contributed by atoms with van der Waals surface area (Å²) in [6.45, 7) is 9.75. The molecule has 0 unspecified atom stereocenters. The molecule has 1 N–H and O–H groups in total. The molecule has 2 aliphatic rings. The van der Waals surface area contributed by atoms with E-state index in [1.54, 1.807) is 4.52 Å². The van der Waals surface area contributed by atoms with Gasteiger partial charge in [-0.15, -0.1) is 0 Å². The molecule has 0 fully saturated rings. The summed E-state index contributed by atoms with van der Waals surface area (Å²) < 4.78 is 20.1. The molecule has 2 aliphatic heterocycles. The highest BCUT2D eigenvalue weighted by Gasteiger charge is 2.33. The third-order valence-corrected chi connectivity index (χ3v) is 8.14. The van der Waals surface area contributed by atoms with Crippen LogP contribution in [0.1, 0.15) is 38.1 Å². The van der Waals surface area contributed by atoms with Gasteiger partial charge in [0.15, 0.2) is 11.8 Å². The quantitative estimate of drug-likeness (QED) is 0.214. The fraction of sp³-hybridized carbons (Fsp3) is 0.270. The van der Waals surface area contributed by atoms with Gasteiger partial charge in [0.05, 0.1) is 29.2 Å². The van der Waals surface area contributed by atoms with Gasteiger partial charge in [-0.2, -0.15) is 5.10 Å². The molecule has 0 spiro atoms. The Bertz CT molecular complexity index is 1990. The Morgan fingerprint density at radius 1 is 0.935 bits per heavy atom. The highest BCUT2D eigenvalue weighted by atomic mass is 16.5. The number of carboxylic acids is 1. The predicted octanol–water partition coefficient (Wildman–Crippen LogP) is 7.13. The minimum absolute atomic E-state index is 0.444. The summed E-state index contributed by atoms with van der Waals surface area (Å²) in [4.78, 5) is 20.0. The zero-order valence-corrected chi connectivity index (χ0v) is 26.4. The number of benzene rings is 3. The second-order valence-corrected chi connectivity index (χ2v) is 12.6. The highest BCUT2D eigenvalue weighted by Crippen LogP contribution is 2.41. The molecular weight excluding hydrogens is 580 g/mol. The number of fused-ring (bicyclic) bond motifs is 9. The van der Waals surface area contributed by atoms with Crippen molar-refractivity contribution >= 4 is 17.3 Å². The van der Waals surface area contributed by atoms with Crippen LogP contribution in [0, 0.1) is 6.92 Å². The number of ether oxygens (including phenoxy) is 3. The van der Waals surface area contributed by atoms with Crippen molar-refractivity contribution in [1.82, 2.24) is 14.6 Å². The molecule has 234 valence electrons. The van der Waals surface area contributed by atoms with Gasteiger partial charge in [0.25, 0.3) is 0 Å². The lowest BCUT2D eigenvalue weighted by atomic mass is 9.98. The van der Waals surface area contributed by atoms with Crippen LogP contribution >= 0.6 is 0 Å². The van der Waals surface area contributed by atoms with Crippen LogP contribution in [0.5, 0.6) is 11.5 Å². The molecule has 9 heteroatoms. The number of anilines is 1. The maximum absolute atomic E-state index is 12.9. The topological polar surface area (TPSA) is 98.4 Å². The average molecular weight is 617 g/mol. The van der Waals surface area contributed by atoms with Crippen LogP contribution in [0.25, 0.3) is 39.3 Å². The predicted molar refractivity (Wildman–Crippen MR) is 178 cm³/mol. The number of hydrogen-bond acceptors (Lipinski definition) is 7. The van der Waals surface area contributed by atoms with Gasteiger partial charge in [0.2, 0.25) is 0 Å².